The van der Waals surface area contributed by atoms with E-state index in [-0.39, 0.29) is 23.3 Å². The Morgan fingerprint density at radius 1 is 1.40 bits per heavy atom. The zero-order chi connectivity index (χ0) is 14.5. The number of hydrogen-bond acceptors (Lipinski definition) is 6. The fourth-order valence-electron chi connectivity index (χ4n) is 1.62. The van der Waals surface area contributed by atoms with Gasteiger partial charge in [0.1, 0.15) is 12.0 Å². The highest BCUT2D eigenvalue weighted by atomic mass is 19.1. The summed E-state index contributed by atoms with van der Waals surface area (Å²) in [4.78, 5) is 17.4. The average Bonchev–Trinajstić information content (AvgIpc) is 2.40. The maximum Gasteiger partial charge on any atom is 0.329 e. The van der Waals surface area contributed by atoms with Crippen LogP contribution in [0.15, 0.2) is 30.5 Å². The van der Waals surface area contributed by atoms with E-state index in [2.05, 4.69) is 15.3 Å². The van der Waals surface area contributed by atoms with Crippen LogP contribution in [0.2, 0.25) is 0 Å². The molecule has 0 radical (unpaired) electrons. The van der Waals surface area contributed by atoms with E-state index in [4.69, 9.17) is 5.73 Å². The summed E-state index contributed by atoms with van der Waals surface area (Å²) in [6, 6.07) is 6.43. The molecule has 0 atom stereocenters. The fraction of sp³-hybridized carbons (Fsp3) is 0.167. The van der Waals surface area contributed by atoms with Crippen molar-refractivity contribution in [2.45, 2.75) is 6.42 Å². The van der Waals surface area contributed by atoms with E-state index in [1.54, 1.807) is 18.2 Å². The summed E-state index contributed by atoms with van der Waals surface area (Å²) in [5.74, 6) is -0.318. The van der Waals surface area contributed by atoms with Gasteiger partial charge in [-0.2, -0.15) is 4.98 Å². The lowest BCUT2D eigenvalue weighted by molar-refractivity contribution is -0.384. The summed E-state index contributed by atoms with van der Waals surface area (Å²) in [6.45, 7) is 0.387. The van der Waals surface area contributed by atoms with Gasteiger partial charge in [0.15, 0.2) is 0 Å². The van der Waals surface area contributed by atoms with Crippen LogP contribution in [-0.4, -0.2) is 21.4 Å². The molecule has 1 aromatic heterocycles. The minimum Gasteiger partial charge on any atom is -0.378 e. The largest absolute Gasteiger partial charge is 0.378 e. The lowest BCUT2D eigenvalue weighted by Gasteiger charge is -2.06. The van der Waals surface area contributed by atoms with Gasteiger partial charge in [-0.05, 0) is 18.1 Å². The van der Waals surface area contributed by atoms with E-state index in [9.17, 15) is 14.5 Å². The van der Waals surface area contributed by atoms with Crippen LogP contribution >= 0.6 is 0 Å². The maximum absolute atomic E-state index is 13.4. The molecule has 3 N–H and O–H groups in total. The molecule has 0 aliphatic carbocycles. The molecule has 20 heavy (non-hydrogen) atoms. The van der Waals surface area contributed by atoms with E-state index in [1.165, 1.54) is 6.07 Å². The molecule has 2 aromatic rings. The maximum atomic E-state index is 13.4. The molecule has 0 amide bonds. The number of nitrogens with one attached hydrogen (secondary N) is 1. The Balaban J connectivity index is 1.97. The first-order chi connectivity index (χ1) is 9.58. The standard InChI is InChI=1S/C12H12FN5O2/c13-9-4-2-1-3-8(9)5-6-15-12-16-7-10(18(19)20)11(14)17-12/h1-4,7H,5-6H2,(H3,14,15,16,17). The zero-order valence-electron chi connectivity index (χ0n) is 10.4. The highest BCUT2D eigenvalue weighted by Gasteiger charge is 2.13. The minimum absolute atomic E-state index is 0.171. The Morgan fingerprint density at radius 2 is 2.15 bits per heavy atom. The van der Waals surface area contributed by atoms with E-state index in [0.29, 0.717) is 18.5 Å². The molecule has 104 valence electrons. The Bertz CT molecular complexity index is 635. The van der Waals surface area contributed by atoms with Gasteiger partial charge >= 0.3 is 5.69 Å². The van der Waals surface area contributed by atoms with Gasteiger partial charge in [0, 0.05) is 6.54 Å². The van der Waals surface area contributed by atoms with Gasteiger partial charge in [-0.25, -0.2) is 9.37 Å². The Kier molecular flexibility index (Phi) is 4.04. The number of rotatable bonds is 5. The third-order valence-electron chi connectivity index (χ3n) is 2.63. The van der Waals surface area contributed by atoms with Crippen LogP contribution < -0.4 is 11.1 Å². The quantitative estimate of drug-likeness (QED) is 0.637. The summed E-state index contributed by atoms with van der Waals surface area (Å²) >= 11 is 0. The van der Waals surface area contributed by atoms with Gasteiger partial charge in [0.05, 0.1) is 4.92 Å². The lowest BCUT2D eigenvalue weighted by atomic mass is 10.1. The van der Waals surface area contributed by atoms with Crippen molar-refractivity contribution in [1.82, 2.24) is 9.97 Å². The SMILES string of the molecule is Nc1nc(NCCc2ccccc2F)ncc1[N+](=O)[O-]. The van der Waals surface area contributed by atoms with Gasteiger partial charge in [-0.1, -0.05) is 18.2 Å². The van der Waals surface area contributed by atoms with Crippen LogP contribution in [0.1, 0.15) is 5.56 Å². The molecule has 1 aromatic carbocycles. The number of hydrogen-bond donors (Lipinski definition) is 2. The Hall–Kier alpha value is -2.77. The summed E-state index contributed by atoms with van der Waals surface area (Å²) in [7, 11) is 0. The minimum atomic E-state index is -0.654. The van der Waals surface area contributed by atoms with Gasteiger partial charge in [-0.3, -0.25) is 10.1 Å². The summed E-state index contributed by atoms with van der Waals surface area (Å²) in [5.41, 5.74) is 5.66. The predicted octanol–water partition coefficient (Wildman–Crippen LogP) is 1.76. The third-order valence-corrected chi connectivity index (χ3v) is 2.63. The number of aromatic nitrogens is 2. The number of nitrogen functional groups attached to an aromatic ring is 1. The number of halogens is 1. The van der Waals surface area contributed by atoms with Crippen LogP contribution in [0.25, 0.3) is 0 Å². The van der Waals surface area contributed by atoms with Crippen molar-refractivity contribution < 1.29 is 9.31 Å². The lowest BCUT2D eigenvalue weighted by Crippen LogP contribution is -2.10. The molecule has 0 fully saturated rings. The summed E-state index contributed by atoms with van der Waals surface area (Å²) in [5, 5.41) is 13.4. The second-order valence-electron chi connectivity index (χ2n) is 3.99. The van der Waals surface area contributed by atoms with Crippen LogP contribution in [-0.2, 0) is 6.42 Å². The molecule has 0 aliphatic heterocycles. The molecule has 0 unspecified atom stereocenters. The van der Waals surface area contributed by atoms with E-state index in [1.807, 2.05) is 0 Å². The van der Waals surface area contributed by atoms with E-state index < -0.39 is 4.92 Å². The smallest absolute Gasteiger partial charge is 0.329 e. The third kappa shape index (κ3) is 3.16. The first-order valence-corrected chi connectivity index (χ1v) is 5.82. The molecule has 0 saturated heterocycles. The topological polar surface area (TPSA) is 107 Å². The number of nitrogens with two attached hydrogens (primary N) is 1. The number of nitrogens with zero attached hydrogens (tertiary/aromatic N) is 3. The fourth-order valence-corrected chi connectivity index (χ4v) is 1.62. The predicted molar refractivity (Wildman–Crippen MR) is 71.7 cm³/mol. The Labute approximate surface area is 113 Å². The van der Waals surface area contributed by atoms with Crippen molar-refractivity contribution in [3.8, 4) is 0 Å². The highest BCUT2D eigenvalue weighted by Crippen LogP contribution is 2.18. The van der Waals surface area contributed by atoms with E-state index >= 15 is 0 Å². The van der Waals surface area contributed by atoms with Crippen molar-refractivity contribution in [1.29, 1.82) is 0 Å². The number of anilines is 2. The van der Waals surface area contributed by atoms with Crippen LogP contribution in [0.4, 0.5) is 21.8 Å². The summed E-state index contributed by atoms with van der Waals surface area (Å²) < 4.78 is 13.4. The van der Waals surface area contributed by atoms with Gasteiger partial charge in [-0.15, -0.1) is 0 Å². The molecule has 0 aliphatic rings. The van der Waals surface area contributed by atoms with Crippen LogP contribution in [0.3, 0.4) is 0 Å². The molecule has 8 heteroatoms. The molecule has 0 saturated carbocycles. The molecule has 1 heterocycles. The first kappa shape index (κ1) is 13.7. The molecular formula is C12H12FN5O2. The van der Waals surface area contributed by atoms with Crippen molar-refractivity contribution in [2.24, 2.45) is 0 Å². The number of nitro groups is 1. The van der Waals surface area contributed by atoms with Gasteiger partial charge < -0.3 is 11.1 Å². The molecule has 0 bridgehead atoms. The van der Waals surface area contributed by atoms with E-state index in [0.717, 1.165) is 6.20 Å². The second kappa shape index (κ2) is 5.91. The van der Waals surface area contributed by atoms with Crippen molar-refractivity contribution >= 4 is 17.5 Å². The molecule has 0 spiro atoms. The first-order valence-electron chi connectivity index (χ1n) is 5.82. The molecule has 2 rings (SSSR count). The summed E-state index contributed by atoms with van der Waals surface area (Å²) in [6.07, 6.45) is 1.47. The van der Waals surface area contributed by atoms with Crippen molar-refractivity contribution in [3.63, 3.8) is 0 Å². The molecular weight excluding hydrogens is 265 g/mol. The highest BCUT2D eigenvalue weighted by molar-refractivity contribution is 5.53. The Morgan fingerprint density at radius 3 is 2.80 bits per heavy atom. The van der Waals surface area contributed by atoms with Crippen LogP contribution in [0.5, 0.6) is 0 Å². The zero-order valence-corrected chi connectivity index (χ0v) is 10.4. The second-order valence-corrected chi connectivity index (χ2v) is 3.99. The van der Waals surface area contributed by atoms with Crippen molar-refractivity contribution in [2.75, 3.05) is 17.6 Å². The van der Waals surface area contributed by atoms with Gasteiger partial charge in [0.2, 0.25) is 11.8 Å². The monoisotopic (exact) mass is 277 g/mol. The number of benzene rings is 1. The molecule has 7 nitrogen and oxygen atoms in total. The normalized spacial score (nSPS) is 10.2. The van der Waals surface area contributed by atoms with Crippen LogP contribution in [0, 0.1) is 15.9 Å². The van der Waals surface area contributed by atoms with Crippen molar-refractivity contribution in [3.05, 3.63) is 52.0 Å². The average molecular weight is 277 g/mol. The van der Waals surface area contributed by atoms with Gasteiger partial charge in [0.25, 0.3) is 0 Å².